The summed E-state index contributed by atoms with van der Waals surface area (Å²) < 4.78 is 30.9. The molecule has 0 radical (unpaired) electrons. The first-order valence-corrected chi connectivity index (χ1v) is 10.2. The number of halogens is 2. The van der Waals surface area contributed by atoms with Gasteiger partial charge in [0.05, 0.1) is 18.3 Å². The number of phenolic OH excluding ortho intramolecular Hbond substituents is 1. The molecule has 0 bridgehead atoms. The van der Waals surface area contributed by atoms with Crippen LogP contribution in [-0.4, -0.2) is 22.2 Å². The van der Waals surface area contributed by atoms with Gasteiger partial charge < -0.3 is 25.1 Å². The molecule has 4 aromatic rings. The number of nitrogens with zero attached hydrogens (tertiary/aromatic N) is 2. The van der Waals surface area contributed by atoms with Crippen molar-refractivity contribution in [3.05, 3.63) is 83.3 Å². The van der Waals surface area contributed by atoms with Crippen molar-refractivity contribution in [2.45, 2.75) is 6.61 Å². The molecule has 0 saturated carbocycles. The molecule has 1 aromatic heterocycles. The van der Waals surface area contributed by atoms with Gasteiger partial charge in [-0.05, 0) is 36.4 Å². The second-order valence-electron chi connectivity index (χ2n) is 6.86. The van der Waals surface area contributed by atoms with Crippen LogP contribution < -0.4 is 19.9 Å². The molecule has 0 aliphatic heterocycles. The van der Waals surface area contributed by atoms with Gasteiger partial charge in [0.25, 0.3) is 0 Å². The average Bonchev–Trinajstić information content (AvgIpc) is 2.80. The number of nitrogens with two attached hydrogens (primary N) is 1. The molecule has 3 aromatic carbocycles. The average molecular weight is 468 g/mol. The summed E-state index contributed by atoms with van der Waals surface area (Å²) in [6.45, 7) is -0.104. The lowest BCUT2D eigenvalue weighted by Gasteiger charge is -2.14. The van der Waals surface area contributed by atoms with E-state index in [2.05, 4.69) is 9.97 Å². The highest BCUT2D eigenvalue weighted by molar-refractivity contribution is 6.31. The number of nitrogen functional groups attached to an aromatic ring is 1. The van der Waals surface area contributed by atoms with Gasteiger partial charge in [-0.1, -0.05) is 29.8 Å². The second kappa shape index (κ2) is 9.62. The van der Waals surface area contributed by atoms with Gasteiger partial charge in [0.2, 0.25) is 5.95 Å². The number of aromatic hydroxyl groups is 1. The zero-order chi connectivity index (χ0) is 23.4. The van der Waals surface area contributed by atoms with Crippen molar-refractivity contribution >= 4 is 17.5 Å². The van der Waals surface area contributed by atoms with Crippen LogP contribution in [0.15, 0.2) is 66.9 Å². The first-order chi connectivity index (χ1) is 16.0. The lowest BCUT2D eigenvalue weighted by Crippen LogP contribution is -2.01. The number of anilines is 1. The van der Waals surface area contributed by atoms with Gasteiger partial charge in [-0.3, -0.25) is 0 Å². The van der Waals surface area contributed by atoms with Crippen LogP contribution in [0.5, 0.6) is 28.7 Å². The maximum Gasteiger partial charge on any atom is 0.220 e. The Morgan fingerprint density at radius 3 is 2.55 bits per heavy atom. The third kappa shape index (κ3) is 4.91. The van der Waals surface area contributed by atoms with E-state index in [4.69, 9.17) is 31.5 Å². The molecule has 4 rings (SSSR count). The third-order valence-corrected chi connectivity index (χ3v) is 5.09. The Balaban J connectivity index is 1.62. The summed E-state index contributed by atoms with van der Waals surface area (Å²) in [6, 6.07) is 16.0. The molecule has 0 saturated heterocycles. The monoisotopic (exact) mass is 467 g/mol. The van der Waals surface area contributed by atoms with E-state index < -0.39 is 5.82 Å². The molecule has 0 fully saturated rings. The quantitative estimate of drug-likeness (QED) is 0.364. The lowest BCUT2D eigenvalue weighted by molar-refractivity contribution is 0.298. The van der Waals surface area contributed by atoms with Gasteiger partial charge in [-0.25, -0.2) is 14.4 Å². The fourth-order valence-electron chi connectivity index (χ4n) is 3.10. The molecule has 0 unspecified atom stereocenters. The maximum absolute atomic E-state index is 14.0. The molecule has 0 atom stereocenters. The van der Waals surface area contributed by atoms with E-state index in [9.17, 15) is 9.50 Å². The van der Waals surface area contributed by atoms with Crippen LogP contribution >= 0.6 is 11.6 Å². The highest BCUT2D eigenvalue weighted by atomic mass is 35.5. The molecule has 0 amide bonds. The maximum atomic E-state index is 14.0. The van der Waals surface area contributed by atoms with Crippen molar-refractivity contribution < 1.29 is 23.7 Å². The summed E-state index contributed by atoms with van der Waals surface area (Å²) in [6.07, 6.45) is 1.41. The number of ether oxygens (including phenoxy) is 3. The number of phenols is 1. The molecule has 0 aliphatic carbocycles. The Morgan fingerprint density at radius 2 is 1.82 bits per heavy atom. The van der Waals surface area contributed by atoms with E-state index in [1.54, 1.807) is 36.4 Å². The van der Waals surface area contributed by atoms with E-state index >= 15 is 0 Å². The second-order valence-corrected chi connectivity index (χ2v) is 7.27. The molecule has 168 valence electrons. The SMILES string of the molecule is COc1ccccc1Oc1cnc(N)nc1-c1ccc(OCc2c(F)cccc2Cl)cc1O. The largest absolute Gasteiger partial charge is 0.507 e. The Hall–Kier alpha value is -4.04. The van der Waals surface area contributed by atoms with Gasteiger partial charge in [-0.15, -0.1) is 0 Å². The van der Waals surface area contributed by atoms with Crippen LogP contribution in [0.3, 0.4) is 0 Å². The topological polar surface area (TPSA) is 99.7 Å². The van der Waals surface area contributed by atoms with Gasteiger partial charge in [0.15, 0.2) is 17.2 Å². The minimum absolute atomic E-state index is 0.00583. The summed E-state index contributed by atoms with van der Waals surface area (Å²) >= 11 is 6.03. The summed E-state index contributed by atoms with van der Waals surface area (Å²) in [4.78, 5) is 8.23. The standard InChI is InChI=1S/C24H19ClFN3O4/c1-31-20-7-2-3-8-21(20)33-22-12-28-24(27)29-23(22)15-10-9-14(11-19(15)30)32-13-16-17(25)5-4-6-18(16)26/h2-12,30H,13H2,1H3,(H2,27,28,29). The fraction of sp³-hybridized carbons (Fsp3) is 0.0833. The normalized spacial score (nSPS) is 10.6. The minimum atomic E-state index is -0.474. The Labute approximate surface area is 194 Å². The van der Waals surface area contributed by atoms with E-state index in [0.717, 1.165) is 0 Å². The van der Waals surface area contributed by atoms with Crippen LogP contribution in [0.2, 0.25) is 5.02 Å². The molecule has 0 aliphatic rings. The molecule has 33 heavy (non-hydrogen) atoms. The highest BCUT2D eigenvalue weighted by Crippen LogP contribution is 2.40. The number of rotatable bonds is 7. The fourth-order valence-corrected chi connectivity index (χ4v) is 3.32. The van der Waals surface area contributed by atoms with Gasteiger partial charge >= 0.3 is 0 Å². The molecular formula is C24H19ClFN3O4. The number of methoxy groups -OCH3 is 1. The molecule has 3 N–H and O–H groups in total. The Morgan fingerprint density at radius 1 is 1.03 bits per heavy atom. The summed E-state index contributed by atoms with van der Waals surface area (Å²) in [5.41, 5.74) is 6.61. The number of hydrogen-bond acceptors (Lipinski definition) is 7. The molecule has 7 nitrogen and oxygen atoms in total. The molecule has 1 heterocycles. The van der Waals surface area contributed by atoms with Crippen molar-refractivity contribution in [1.29, 1.82) is 0 Å². The Bertz CT molecular complexity index is 1280. The predicted molar refractivity (Wildman–Crippen MR) is 122 cm³/mol. The van der Waals surface area contributed by atoms with Crippen LogP contribution in [0.1, 0.15) is 5.56 Å². The lowest BCUT2D eigenvalue weighted by atomic mass is 10.1. The molecule has 0 spiro atoms. The van der Waals surface area contributed by atoms with E-state index in [1.165, 1.54) is 31.5 Å². The highest BCUT2D eigenvalue weighted by Gasteiger charge is 2.17. The minimum Gasteiger partial charge on any atom is -0.507 e. The number of benzene rings is 3. The first-order valence-electron chi connectivity index (χ1n) is 9.78. The van der Waals surface area contributed by atoms with Crippen LogP contribution in [0.25, 0.3) is 11.3 Å². The zero-order valence-corrected chi connectivity index (χ0v) is 18.2. The third-order valence-electron chi connectivity index (χ3n) is 4.73. The van der Waals surface area contributed by atoms with Crippen LogP contribution in [0.4, 0.5) is 10.3 Å². The number of hydrogen-bond donors (Lipinski definition) is 2. The van der Waals surface area contributed by atoms with Gasteiger partial charge in [-0.2, -0.15) is 0 Å². The smallest absolute Gasteiger partial charge is 0.220 e. The van der Waals surface area contributed by atoms with Crippen LogP contribution in [-0.2, 0) is 6.61 Å². The molecular weight excluding hydrogens is 449 g/mol. The number of para-hydroxylation sites is 2. The van der Waals surface area contributed by atoms with Gasteiger partial charge in [0.1, 0.15) is 29.6 Å². The van der Waals surface area contributed by atoms with E-state index in [1.807, 2.05) is 6.07 Å². The zero-order valence-electron chi connectivity index (χ0n) is 17.5. The summed E-state index contributed by atoms with van der Waals surface area (Å²) in [7, 11) is 1.53. The van der Waals surface area contributed by atoms with Crippen molar-refractivity contribution in [3.8, 4) is 40.0 Å². The van der Waals surface area contributed by atoms with Crippen molar-refractivity contribution in [3.63, 3.8) is 0 Å². The number of aromatic nitrogens is 2. The van der Waals surface area contributed by atoms with Crippen molar-refractivity contribution in [2.24, 2.45) is 0 Å². The Kier molecular flexibility index (Phi) is 6.46. The van der Waals surface area contributed by atoms with Crippen molar-refractivity contribution in [2.75, 3.05) is 12.8 Å². The van der Waals surface area contributed by atoms with E-state index in [0.29, 0.717) is 22.8 Å². The molecule has 9 heteroatoms. The first kappa shape index (κ1) is 22.2. The van der Waals surface area contributed by atoms with E-state index in [-0.39, 0.29) is 40.3 Å². The summed E-state index contributed by atoms with van der Waals surface area (Å²) in [5, 5.41) is 10.9. The summed E-state index contributed by atoms with van der Waals surface area (Å²) in [5.74, 6) is 0.913. The van der Waals surface area contributed by atoms with Crippen molar-refractivity contribution in [1.82, 2.24) is 9.97 Å². The van der Waals surface area contributed by atoms with Gasteiger partial charge in [0, 0.05) is 17.2 Å². The van der Waals surface area contributed by atoms with Crippen LogP contribution in [0, 0.1) is 5.82 Å². The predicted octanol–water partition coefficient (Wildman–Crippen LogP) is 5.60.